The Kier molecular flexibility index (Phi) is 3.29. The van der Waals surface area contributed by atoms with Gasteiger partial charge in [0.15, 0.2) is 5.82 Å². The molecule has 0 unspecified atom stereocenters. The van der Waals surface area contributed by atoms with Crippen LogP contribution in [-0.4, -0.2) is 25.7 Å². The number of aromatic nitrogens is 4. The van der Waals surface area contributed by atoms with Gasteiger partial charge in [0.25, 0.3) is 5.91 Å². The Morgan fingerprint density at radius 1 is 1.56 bits per heavy atom. The lowest BCUT2D eigenvalue weighted by Gasteiger charge is -2.03. The van der Waals surface area contributed by atoms with E-state index in [4.69, 9.17) is 5.26 Å². The van der Waals surface area contributed by atoms with Crippen LogP contribution >= 0.6 is 0 Å². The molecule has 7 nitrogen and oxygen atoms in total. The van der Waals surface area contributed by atoms with Gasteiger partial charge in [-0.15, -0.1) is 10.2 Å². The molecule has 2 heterocycles. The van der Waals surface area contributed by atoms with E-state index in [-0.39, 0.29) is 18.1 Å². The van der Waals surface area contributed by atoms with Crippen molar-refractivity contribution in [2.75, 3.05) is 0 Å². The van der Waals surface area contributed by atoms with Crippen molar-refractivity contribution in [2.45, 2.75) is 6.54 Å². The van der Waals surface area contributed by atoms with Crippen molar-refractivity contribution in [3.8, 4) is 6.07 Å². The molecule has 1 amide bonds. The van der Waals surface area contributed by atoms with Crippen LogP contribution in [0.4, 0.5) is 0 Å². The topological polar surface area (TPSA) is 96.5 Å². The van der Waals surface area contributed by atoms with E-state index < -0.39 is 0 Å². The lowest BCUT2D eigenvalue weighted by molar-refractivity contribution is 0.0944. The van der Waals surface area contributed by atoms with Crippen LogP contribution in [0.25, 0.3) is 0 Å². The molecule has 7 heteroatoms. The predicted molar refractivity (Wildman–Crippen MR) is 61.1 cm³/mol. The van der Waals surface area contributed by atoms with Crippen LogP contribution in [-0.2, 0) is 13.6 Å². The van der Waals surface area contributed by atoms with Crippen LogP contribution in [0.1, 0.15) is 21.9 Å². The summed E-state index contributed by atoms with van der Waals surface area (Å²) in [5, 5.41) is 18.8. The van der Waals surface area contributed by atoms with E-state index in [0.29, 0.717) is 11.4 Å². The number of nitrogens with zero attached hydrogens (tertiary/aromatic N) is 5. The van der Waals surface area contributed by atoms with Crippen LogP contribution in [0.3, 0.4) is 0 Å². The van der Waals surface area contributed by atoms with Crippen molar-refractivity contribution < 1.29 is 4.79 Å². The molecule has 2 rings (SSSR count). The molecule has 0 bridgehead atoms. The molecule has 0 aliphatic carbocycles. The molecule has 90 valence electrons. The average Bonchev–Trinajstić information content (AvgIpc) is 2.81. The SMILES string of the molecule is Cn1cnnc1CNC(=O)c1ccc(C#N)cn1. The molecule has 1 N–H and O–H groups in total. The molecule has 0 atom stereocenters. The molecule has 0 fully saturated rings. The van der Waals surface area contributed by atoms with Crippen molar-refractivity contribution >= 4 is 5.91 Å². The summed E-state index contributed by atoms with van der Waals surface area (Å²) in [4.78, 5) is 15.6. The summed E-state index contributed by atoms with van der Waals surface area (Å²) < 4.78 is 1.71. The molecule has 0 saturated carbocycles. The molecule has 2 aromatic rings. The Balaban J connectivity index is 2.00. The van der Waals surface area contributed by atoms with Gasteiger partial charge in [0.05, 0.1) is 12.1 Å². The molecule has 2 aromatic heterocycles. The summed E-state index contributed by atoms with van der Waals surface area (Å²) >= 11 is 0. The highest BCUT2D eigenvalue weighted by atomic mass is 16.1. The number of carbonyl (C=O) groups excluding carboxylic acids is 1. The highest BCUT2D eigenvalue weighted by Crippen LogP contribution is 1.99. The third kappa shape index (κ3) is 2.49. The average molecular weight is 242 g/mol. The van der Waals surface area contributed by atoms with Gasteiger partial charge in [0.2, 0.25) is 0 Å². The largest absolute Gasteiger partial charge is 0.343 e. The minimum atomic E-state index is -0.317. The summed E-state index contributed by atoms with van der Waals surface area (Å²) in [5.41, 5.74) is 0.677. The quantitative estimate of drug-likeness (QED) is 0.817. The maximum absolute atomic E-state index is 11.7. The van der Waals surface area contributed by atoms with Crippen molar-refractivity contribution in [1.29, 1.82) is 5.26 Å². The number of hydrogen-bond acceptors (Lipinski definition) is 5. The molecule has 18 heavy (non-hydrogen) atoms. The lowest BCUT2D eigenvalue weighted by atomic mass is 10.2. The Morgan fingerprint density at radius 3 is 2.94 bits per heavy atom. The molecular formula is C11H10N6O. The monoisotopic (exact) mass is 242 g/mol. The summed E-state index contributed by atoms with van der Waals surface area (Å²) in [5.74, 6) is 0.333. The van der Waals surface area contributed by atoms with E-state index in [2.05, 4.69) is 20.5 Å². The minimum absolute atomic E-state index is 0.260. The first-order valence-electron chi connectivity index (χ1n) is 5.18. The van der Waals surface area contributed by atoms with Crippen molar-refractivity contribution in [2.24, 2.45) is 7.05 Å². The molecule has 0 aromatic carbocycles. The van der Waals surface area contributed by atoms with Gasteiger partial charge in [-0.2, -0.15) is 5.26 Å². The Labute approximate surface area is 103 Å². The van der Waals surface area contributed by atoms with E-state index in [1.807, 2.05) is 6.07 Å². The Bertz CT molecular complexity index is 595. The minimum Gasteiger partial charge on any atom is -0.343 e. The number of aryl methyl sites for hydroxylation is 1. The van der Waals surface area contributed by atoms with E-state index in [1.54, 1.807) is 24.0 Å². The van der Waals surface area contributed by atoms with E-state index >= 15 is 0 Å². The van der Waals surface area contributed by atoms with Gasteiger partial charge in [0.1, 0.15) is 18.1 Å². The second-order valence-corrected chi connectivity index (χ2v) is 3.58. The van der Waals surface area contributed by atoms with Gasteiger partial charge in [0, 0.05) is 13.2 Å². The number of amides is 1. The van der Waals surface area contributed by atoms with Gasteiger partial charge in [-0.1, -0.05) is 0 Å². The van der Waals surface area contributed by atoms with Crippen LogP contribution in [0, 0.1) is 11.3 Å². The van der Waals surface area contributed by atoms with Gasteiger partial charge in [-0.3, -0.25) is 4.79 Å². The molecule has 0 spiro atoms. The molecular weight excluding hydrogens is 232 g/mol. The molecule has 0 saturated heterocycles. The maximum Gasteiger partial charge on any atom is 0.270 e. The van der Waals surface area contributed by atoms with Crippen molar-refractivity contribution in [3.63, 3.8) is 0 Å². The summed E-state index contributed by atoms with van der Waals surface area (Å²) in [7, 11) is 1.79. The van der Waals surface area contributed by atoms with Crippen LogP contribution < -0.4 is 5.32 Å². The molecule has 0 aliphatic rings. The first-order chi connectivity index (χ1) is 8.70. The van der Waals surface area contributed by atoms with E-state index in [0.717, 1.165) is 0 Å². The Morgan fingerprint density at radius 2 is 2.39 bits per heavy atom. The number of hydrogen-bond donors (Lipinski definition) is 1. The molecule has 0 radical (unpaired) electrons. The van der Waals surface area contributed by atoms with Gasteiger partial charge < -0.3 is 9.88 Å². The van der Waals surface area contributed by atoms with Crippen LogP contribution in [0.2, 0.25) is 0 Å². The highest BCUT2D eigenvalue weighted by molar-refractivity contribution is 5.92. The van der Waals surface area contributed by atoms with Crippen molar-refractivity contribution in [1.82, 2.24) is 25.1 Å². The number of nitriles is 1. The summed E-state index contributed by atoms with van der Waals surface area (Å²) in [6, 6.07) is 4.99. The fourth-order valence-corrected chi connectivity index (χ4v) is 1.31. The van der Waals surface area contributed by atoms with Crippen LogP contribution in [0.15, 0.2) is 24.7 Å². The van der Waals surface area contributed by atoms with E-state index in [1.165, 1.54) is 12.3 Å². The zero-order valence-electron chi connectivity index (χ0n) is 9.66. The third-order valence-corrected chi connectivity index (χ3v) is 2.34. The third-order valence-electron chi connectivity index (χ3n) is 2.34. The zero-order chi connectivity index (χ0) is 13.0. The summed E-state index contributed by atoms with van der Waals surface area (Å²) in [6.45, 7) is 0.275. The number of nitrogens with one attached hydrogen (secondary N) is 1. The number of rotatable bonds is 3. The maximum atomic E-state index is 11.7. The first kappa shape index (κ1) is 11.7. The van der Waals surface area contributed by atoms with Crippen LogP contribution in [0.5, 0.6) is 0 Å². The zero-order valence-corrected chi connectivity index (χ0v) is 9.66. The second kappa shape index (κ2) is 5.05. The summed E-state index contributed by atoms with van der Waals surface area (Å²) in [6.07, 6.45) is 2.92. The standard InChI is InChI=1S/C11H10N6O/c1-17-7-15-16-10(17)6-14-11(18)9-3-2-8(4-12)5-13-9/h2-3,5,7H,6H2,1H3,(H,14,18). The van der Waals surface area contributed by atoms with Gasteiger partial charge in [-0.25, -0.2) is 4.98 Å². The van der Waals surface area contributed by atoms with E-state index in [9.17, 15) is 4.79 Å². The van der Waals surface area contributed by atoms with Gasteiger partial charge in [-0.05, 0) is 12.1 Å². The lowest BCUT2D eigenvalue weighted by Crippen LogP contribution is -2.25. The van der Waals surface area contributed by atoms with Gasteiger partial charge >= 0.3 is 0 Å². The first-order valence-corrected chi connectivity index (χ1v) is 5.18. The van der Waals surface area contributed by atoms with Crippen molar-refractivity contribution in [3.05, 3.63) is 41.7 Å². The fourth-order valence-electron chi connectivity index (χ4n) is 1.31. The smallest absolute Gasteiger partial charge is 0.270 e. The predicted octanol–water partition coefficient (Wildman–Crippen LogP) is 0.0118. The fraction of sp³-hybridized carbons (Fsp3) is 0.182. The second-order valence-electron chi connectivity index (χ2n) is 3.58. The number of carbonyl (C=O) groups is 1. The Hall–Kier alpha value is -2.75. The normalized spacial score (nSPS) is 9.78. The number of pyridine rings is 1. The highest BCUT2D eigenvalue weighted by Gasteiger charge is 2.08. The molecule has 0 aliphatic heterocycles.